The first-order valence-corrected chi connectivity index (χ1v) is 7.82. The van der Waals surface area contributed by atoms with Crippen LogP contribution in [0.5, 0.6) is 0 Å². The molecule has 0 aromatic heterocycles. The van der Waals surface area contributed by atoms with E-state index < -0.39 is 0 Å². The van der Waals surface area contributed by atoms with Gasteiger partial charge in [0.25, 0.3) is 0 Å². The van der Waals surface area contributed by atoms with E-state index in [4.69, 9.17) is 23.2 Å². The molecule has 1 heterocycles. The summed E-state index contributed by atoms with van der Waals surface area (Å²) in [7, 11) is 0. The van der Waals surface area contributed by atoms with Gasteiger partial charge in [0.15, 0.2) is 0 Å². The number of likely N-dealkylation sites (tertiary alicyclic amines) is 1. The molecule has 2 N–H and O–H groups in total. The molecule has 21 heavy (non-hydrogen) atoms. The molecule has 2 rings (SSSR count). The molecule has 3 atom stereocenters. The summed E-state index contributed by atoms with van der Waals surface area (Å²) in [5.74, 6) is 0.125. The van der Waals surface area contributed by atoms with Crippen LogP contribution in [0.1, 0.15) is 20.3 Å². The Kier molecular flexibility index (Phi) is 5.49. The molecule has 116 valence electrons. The Morgan fingerprint density at radius 3 is 2.86 bits per heavy atom. The Morgan fingerprint density at radius 2 is 2.19 bits per heavy atom. The SMILES string of the molecule is CC1CCN(C(C)C(=O)Nc2cc(Cl)ccc2Cl)CC1O. The number of amides is 1. The highest BCUT2D eigenvalue weighted by Crippen LogP contribution is 2.26. The molecule has 0 aliphatic carbocycles. The lowest BCUT2D eigenvalue weighted by Crippen LogP contribution is -2.50. The second-order valence-corrected chi connectivity index (χ2v) is 6.46. The molecule has 1 amide bonds. The van der Waals surface area contributed by atoms with Crippen LogP contribution in [-0.2, 0) is 4.79 Å². The summed E-state index contributed by atoms with van der Waals surface area (Å²) >= 11 is 12.0. The van der Waals surface area contributed by atoms with E-state index in [1.165, 1.54) is 0 Å². The second kappa shape index (κ2) is 6.97. The monoisotopic (exact) mass is 330 g/mol. The summed E-state index contributed by atoms with van der Waals surface area (Å²) in [5, 5.41) is 13.7. The maximum Gasteiger partial charge on any atom is 0.241 e. The number of benzene rings is 1. The van der Waals surface area contributed by atoms with Gasteiger partial charge in [-0.2, -0.15) is 0 Å². The van der Waals surface area contributed by atoms with Crippen LogP contribution in [0.4, 0.5) is 5.69 Å². The molecule has 0 radical (unpaired) electrons. The van der Waals surface area contributed by atoms with E-state index in [0.717, 1.165) is 13.0 Å². The third-order valence-electron chi connectivity index (χ3n) is 4.06. The van der Waals surface area contributed by atoms with Crippen LogP contribution in [0.2, 0.25) is 10.0 Å². The first-order valence-electron chi connectivity index (χ1n) is 7.06. The number of β-amino-alcohol motifs (C(OH)–C–C–N with tert-alkyl or cyclic N) is 1. The standard InChI is InChI=1S/C15H20Cl2N2O2/c1-9-5-6-19(8-14(9)20)10(2)15(21)18-13-7-11(16)3-4-12(13)17/h3-4,7,9-10,14,20H,5-6,8H2,1-2H3,(H,18,21). The predicted octanol–water partition coefficient (Wildman–Crippen LogP) is 3.02. The van der Waals surface area contributed by atoms with Crippen molar-refractivity contribution < 1.29 is 9.90 Å². The number of anilines is 1. The first kappa shape index (κ1) is 16.6. The topological polar surface area (TPSA) is 52.6 Å². The van der Waals surface area contributed by atoms with E-state index >= 15 is 0 Å². The van der Waals surface area contributed by atoms with Crippen LogP contribution in [-0.4, -0.2) is 41.1 Å². The van der Waals surface area contributed by atoms with Crippen LogP contribution in [0.3, 0.4) is 0 Å². The van der Waals surface area contributed by atoms with Crippen LogP contribution >= 0.6 is 23.2 Å². The number of aliphatic hydroxyl groups is 1. The minimum absolute atomic E-state index is 0.152. The van der Waals surface area contributed by atoms with Crippen LogP contribution in [0.25, 0.3) is 0 Å². The van der Waals surface area contributed by atoms with E-state index in [9.17, 15) is 9.90 Å². The molecule has 6 heteroatoms. The molecule has 4 nitrogen and oxygen atoms in total. The summed E-state index contributed by atoms with van der Waals surface area (Å²) in [6.45, 7) is 5.17. The maximum absolute atomic E-state index is 12.3. The molecule has 0 spiro atoms. The Morgan fingerprint density at radius 1 is 1.48 bits per heavy atom. The number of rotatable bonds is 3. The van der Waals surface area contributed by atoms with Gasteiger partial charge in [-0.1, -0.05) is 30.1 Å². The Labute approximate surface area is 135 Å². The molecule has 1 aliphatic rings. The van der Waals surface area contributed by atoms with Crippen LogP contribution in [0, 0.1) is 5.92 Å². The number of aliphatic hydroxyl groups excluding tert-OH is 1. The zero-order chi connectivity index (χ0) is 15.6. The molecule has 1 aromatic carbocycles. The molecule has 1 saturated heterocycles. The van der Waals surface area contributed by atoms with Gasteiger partial charge < -0.3 is 10.4 Å². The zero-order valence-electron chi connectivity index (χ0n) is 12.1. The van der Waals surface area contributed by atoms with Crippen molar-refractivity contribution in [1.82, 2.24) is 4.90 Å². The molecule has 0 saturated carbocycles. The number of carbonyl (C=O) groups excluding carboxylic acids is 1. The fraction of sp³-hybridized carbons (Fsp3) is 0.533. The lowest BCUT2D eigenvalue weighted by atomic mass is 9.95. The second-order valence-electron chi connectivity index (χ2n) is 5.62. The Hall–Kier alpha value is -0.810. The fourth-order valence-electron chi connectivity index (χ4n) is 2.42. The zero-order valence-corrected chi connectivity index (χ0v) is 13.7. The van der Waals surface area contributed by atoms with Gasteiger partial charge in [-0.25, -0.2) is 0 Å². The van der Waals surface area contributed by atoms with Gasteiger partial charge in [-0.05, 0) is 44.0 Å². The van der Waals surface area contributed by atoms with E-state index in [2.05, 4.69) is 5.32 Å². The van der Waals surface area contributed by atoms with Crippen molar-refractivity contribution in [2.24, 2.45) is 5.92 Å². The fourth-order valence-corrected chi connectivity index (χ4v) is 2.76. The summed E-state index contributed by atoms with van der Waals surface area (Å²) in [6, 6.07) is 4.62. The van der Waals surface area contributed by atoms with Gasteiger partial charge >= 0.3 is 0 Å². The Bertz CT molecular complexity index is 524. The van der Waals surface area contributed by atoms with Gasteiger partial charge in [0.05, 0.1) is 22.9 Å². The number of piperidine rings is 1. The quantitative estimate of drug-likeness (QED) is 0.895. The maximum atomic E-state index is 12.3. The largest absolute Gasteiger partial charge is 0.392 e. The molecule has 1 fully saturated rings. The number of carbonyl (C=O) groups is 1. The number of halogens is 2. The number of hydrogen-bond acceptors (Lipinski definition) is 3. The van der Waals surface area contributed by atoms with Crippen molar-refractivity contribution in [3.8, 4) is 0 Å². The summed E-state index contributed by atoms with van der Waals surface area (Å²) in [4.78, 5) is 14.3. The smallest absolute Gasteiger partial charge is 0.241 e. The molecular formula is C15H20Cl2N2O2. The molecular weight excluding hydrogens is 311 g/mol. The third-order valence-corrected chi connectivity index (χ3v) is 4.63. The number of nitrogens with one attached hydrogen (secondary N) is 1. The van der Waals surface area contributed by atoms with E-state index in [-0.39, 0.29) is 24.0 Å². The van der Waals surface area contributed by atoms with Crippen molar-refractivity contribution in [1.29, 1.82) is 0 Å². The van der Waals surface area contributed by atoms with Gasteiger partial charge in [0.2, 0.25) is 5.91 Å². The lowest BCUT2D eigenvalue weighted by molar-refractivity contribution is -0.122. The minimum Gasteiger partial charge on any atom is -0.392 e. The first-order chi connectivity index (χ1) is 9.88. The van der Waals surface area contributed by atoms with Gasteiger partial charge in [0.1, 0.15) is 0 Å². The average Bonchev–Trinajstić information content (AvgIpc) is 2.45. The number of nitrogens with zero attached hydrogens (tertiary/aromatic N) is 1. The molecule has 1 aromatic rings. The van der Waals surface area contributed by atoms with Crippen molar-refractivity contribution in [3.05, 3.63) is 28.2 Å². The van der Waals surface area contributed by atoms with E-state index in [0.29, 0.717) is 22.3 Å². The summed E-state index contributed by atoms with van der Waals surface area (Å²) in [5.41, 5.74) is 0.506. The Balaban J connectivity index is 2.01. The highest BCUT2D eigenvalue weighted by atomic mass is 35.5. The molecule has 1 aliphatic heterocycles. The van der Waals surface area contributed by atoms with Gasteiger partial charge in [-0.15, -0.1) is 0 Å². The van der Waals surface area contributed by atoms with Crippen LogP contribution < -0.4 is 5.32 Å². The summed E-state index contributed by atoms with van der Waals surface area (Å²) < 4.78 is 0. The van der Waals surface area contributed by atoms with Crippen molar-refractivity contribution >= 4 is 34.8 Å². The predicted molar refractivity (Wildman–Crippen MR) is 85.9 cm³/mol. The highest BCUT2D eigenvalue weighted by Gasteiger charge is 2.30. The third kappa shape index (κ3) is 4.10. The van der Waals surface area contributed by atoms with Crippen molar-refractivity contribution in [2.75, 3.05) is 18.4 Å². The normalized spacial score (nSPS) is 24.6. The summed E-state index contributed by atoms with van der Waals surface area (Å²) in [6.07, 6.45) is 0.500. The van der Waals surface area contributed by atoms with Crippen LogP contribution in [0.15, 0.2) is 18.2 Å². The molecule has 3 unspecified atom stereocenters. The number of hydrogen-bond donors (Lipinski definition) is 2. The van der Waals surface area contributed by atoms with Gasteiger partial charge in [0, 0.05) is 11.6 Å². The highest BCUT2D eigenvalue weighted by molar-refractivity contribution is 6.35. The van der Waals surface area contributed by atoms with E-state index in [1.54, 1.807) is 18.2 Å². The van der Waals surface area contributed by atoms with E-state index in [1.807, 2.05) is 18.7 Å². The molecule has 0 bridgehead atoms. The van der Waals surface area contributed by atoms with Crippen molar-refractivity contribution in [3.63, 3.8) is 0 Å². The van der Waals surface area contributed by atoms with Crippen molar-refractivity contribution in [2.45, 2.75) is 32.4 Å². The minimum atomic E-state index is -0.385. The lowest BCUT2D eigenvalue weighted by Gasteiger charge is -2.37. The van der Waals surface area contributed by atoms with Gasteiger partial charge in [-0.3, -0.25) is 9.69 Å². The average molecular weight is 331 g/mol.